The Morgan fingerprint density at radius 3 is 2.10 bits per heavy atom. The third kappa shape index (κ3) is 7.02. The molecule has 7 N–H and O–H groups in total. The van der Waals surface area contributed by atoms with Crippen LogP contribution in [0.5, 0.6) is 0 Å². The molecule has 1 fully saturated rings. The summed E-state index contributed by atoms with van der Waals surface area (Å²) in [6.45, 7) is 0.386. The van der Waals surface area contributed by atoms with Crippen molar-refractivity contribution in [1.29, 1.82) is 5.41 Å². The minimum atomic E-state index is -4.29. The van der Waals surface area contributed by atoms with Crippen LogP contribution in [0.3, 0.4) is 0 Å². The van der Waals surface area contributed by atoms with E-state index in [0.717, 1.165) is 0 Å². The molecule has 3 aromatic rings. The van der Waals surface area contributed by atoms with Crippen molar-refractivity contribution in [3.05, 3.63) is 95.6 Å². The zero-order valence-electron chi connectivity index (χ0n) is 21.0. The Balaban J connectivity index is 1.59. The molecule has 204 valence electrons. The zero-order valence-corrected chi connectivity index (χ0v) is 21.8. The van der Waals surface area contributed by atoms with E-state index in [9.17, 15) is 18.0 Å². The molecule has 2 aromatic carbocycles. The Morgan fingerprint density at radius 1 is 1.03 bits per heavy atom. The Bertz CT molecular complexity index is 1380. The molecular formula is C26H30N8O4S. The van der Waals surface area contributed by atoms with Crippen LogP contribution in [-0.4, -0.2) is 59.6 Å². The van der Waals surface area contributed by atoms with Gasteiger partial charge >= 0.3 is 0 Å². The highest BCUT2D eigenvalue weighted by molar-refractivity contribution is 7.87. The maximum absolute atomic E-state index is 14.0. The minimum absolute atomic E-state index is 0.0809. The maximum Gasteiger partial charge on any atom is 0.275 e. The lowest BCUT2D eigenvalue weighted by atomic mass is 9.84. The van der Waals surface area contributed by atoms with Crippen LogP contribution in [-0.2, 0) is 26.3 Å². The summed E-state index contributed by atoms with van der Waals surface area (Å²) in [4.78, 5) is 36.5. The van der Waals surface area contributed by atoms with Gasteiger partial charge in [-0.25, -0.2) is 15.1 Å². The van der Waals surface area contributed by atoms with Crippen LogP contribution < -0.4 is 20.9 Å². The van der Waals surface area contributed by atoms with Gasteiger partial charge in [-0.05, 0) is 24.0 Å². The summed E-state index contributed by atoms with van der Waals surface area (Å²) in [5.41, 5.74) is 7.39. The van der Waals surface area contributed by atoms with Gasteiger partial charge in [0.05, 0.1) is 0 Å². The van der Waals surface area contributed by atoms with Crippen LogP contribution >= 0.6 is 0 Å². The van der Waals surface area contributed by atoms with E-state index < -0.39 is 34.1 Å². The molecule has 0 radical (unpaired) electrons. The Morgan fingerprint density at radius 2 is 1.59 bits per heavy atom. The molecule has 1 saturated heterocycles. The van der Waals surface area contributed by atoms with Crippen LogP contribution in [0.1, 0.15) is 41.3 Å². The van der Waals surface area contributed by atoms with Gasteiger partial charge in [0.2, 0.25) is 11.8 Å². The number of aromatic nitrogens is 2. The molecule has 2 atom stereocenters. The third-order valence-corrected chi connectivity index (χ3v) is 7.04. The number of hydrogen-bond donors (Lipinski definition) is 5. The van der Waals surface area contributed by atoms with E-state index in [4.69, 9.17) is 16.3 Å². The first-order valence-corrected chi connectivity index (χ1v) is 13.8. The summed E-state index contributed by atoms with van der Waals surface area (Å²) < 4.78 is 26.8. The number of carbonyl (C=O) groups is 2. The van der Waals surface area contributed by atoms with Gasteiger partial charge in [-0.1, -0.05) is 60.7 Å². The number of carbonyl (C=O) groups excluding carboxylic acids is 2. The summed E-state index contributed by atoms with van der Waals surface area (Å²) in [6, 6.07) is 16.1. The fraction of sp³-hybridized carbons (Fsp3) is 0.269. The van der Waals surface area contributed by atoms with Gasteiger partial charge in [-0.2, -0.15) is 13.1 Å². The molecule has 1 aliphatic rings. The Labute approximate surface area is 226 Å². The monoisotopic (exact) mass is 550 g/mol. The minimum Gasteiger partial charge on any atom is -0.381 e. The van der Waals surface area contributed by atoms with E-state index in [1.54, 1.807) is 0 Å². The lowest BCUT2D eigenvalue weighted by molar-refractivity contribution is -0.140. The van der Waals surface area contributed by atoms with Crippen LogP contribution in [0.2, 0.25) is 0 Å². The molecule has 13 heteroatoms. The normalized spacial score (nSPS) is 16.2. The van der Waals surface area contributed by atoms with Crippen molar-refractivity contribution in [1.82, 2.24) is 24.9 Å². The lowest BCUT2D eigenvalue weighted by Gasteiger charge is -2.33. The first kappa shape index (κ1) is 27.8. The summed E-state index contributed by atoms with van der Waals surface area (Å²) >= 11 is 0. The smallest absolute Gasteiger partial charge is 0.275 e. The predicted octanol–water partition coefficient (Wildman–Crippen LogP) is 0.362. The number of nitrogens with two attached hydrogens (primary N) is 2. The highest BCUT2D eigenvalue weighted by Gasteiger charge is 2.42. The molecule has 12 nitrogen and oxygen atoms in total. The largest absolute Gasteiger partial charge is 0.381 e. The van der Waals surface area contributed by atoms with Crippen LogP contribution in [0.4, 0.5) is 0 Å². The number of rotatable bonds is 10. The molecule has 0 saturated carbocycles. The molecule has 39 heavy (non-hydrogen) atoms. The van der Waals surface area contributed by atoms with E-state index in [1.165, 1.54) is 17.3 Å². The molecule has 2 amide bonds. The van der Waals surface area contributed by atoms with Gasteiger partial charge < -0.3 is 16.0 Å². The number of nitrogens with zero attached hydrogens (tertiary/aromatic N) is 3. The van der Waals surface area contributed by atoms with Crippen molar-refractivity contribution in [2.75, 3.05) is 6.54 Å². The van der Waals surface area contributed by atoms with Crippen molar-refractivity contribution < 1.29 is 18.0 Å². The summed E-state index contributed by atoms with van der Waals surface area (Å²) in [6.07, 6.45) is 3.90. The van der Waals surface area contributed by atoms with Gasteiger partial charge in [-0.15, -0.1) is 0 Å². The van der Waals surface area contributed by atoms with Crippen molar-refractivity contribution >= 4 is 27.9 Å². The van der Waals surface area contributed by atoms with Crippen LogP contribution in [0.25, 0.3) is 0 Å². The molecule has 2 heterocycles. The number of nitrogen functional groups attached to an aromatic ring is 1. The van der Waals surface area contributed by atoms with Crippen molar-refractivity contribution in [3.8, 4) is 0 Å². The molecule has 0 bridgehead atoms. The molecule has 2 unspecified atom stereocenters. The highest BCUT2D eigenvalue weighted by atomic mass is 32.2. The number of amides is 2. The van der Waals surface area contributed by atoms with Crippen LogP contribution in [0, 0.1) is 5.41 Å². The number of amidine groups is 1. The third-order valence-electron chi connectivity index (χ3n) is 6.46. The van der Waals surface area contributed by atoms with Crippen molar-refractivity contribution in [2.45, 2.75) is 37.4 Å². The molecule has 0 spiro atoms. The Kier molecular flexibility index (Phi) is 8.64. The van der Waals surface area contributed by atoms with E-state index in [2.05, 4.69) is 20.0 Å². The standard InChI is InChI=1S/C26H30N8O4S/c27-23(28)24-30-14-17(15-31-24)16-32-25(35)20-12-7-13-34(20)26(36)22(33-39(29,37)38)21(18-8-3-1-4-9-18)19-10-5-2-6-11-19/h1-6,8-11,14-15,20-22,33H,7,12-13,16H2,(H3,27,28)(H,32,35)(H2,29,37,38). The number of nitrogens with one attached hydrogen (secondary N) is 3. The molecule has 4 rings (SSSR count). The average molecular weight is 551 g/mol. The average Bonchev–Trinajstić information content (AvgIpc) is 3.42. The zero-order chi connectivity index (χ0) is 28.0. The fourth-order valence-corrected chi connectivity index (χ4v) is 5.30. The summed E-state index contributed by atoms with van der Waals surface area (Å²) in [5, 5.41) is 15.5. The molecule has 0 aliphatic carbocycles. The van der Waals surface area contributed by atoms with Gasteiger partial charge in [0.1, 0.15) is 12.1 Å². The maximum atomic E-state index is 14.0. The SMILES string of the molecule is N=C(N)c1ncc(CNC(=O)C2CCCN2C(=O)C(NS(N)(=O)=O)C(c2ccccc2)c2ccccc2)cn1. The van der Waals surface area contributed by atoms with E-state index in [-0.39, 0.29) is 30.7 Å². The lowest BCUT2D eigenvalue weighted by Crippen LogP contribution is -2.56. The number of hydrogen-bond acceptors (Lipinski definition) is 7. The van der Waals surface area contributed by atoms with E-state index >= 15 is 0 Å². The van der Waals surface area contributed by atoms with E-state index in [1.807, 2.05) is 60.7 Å². The van der Waals surface area contributed by atoms with Gasteiger partial charge in [-0.3, -0.25) is 15.0 Å². The van der Waals surface area contributed by atoms with Gasteiger partial charge in [0.25, 0.3) is 10.2 Å². The first-order valence-electron chi connectivity index (χ1n) is 12.3. The van der Waals surface area contributed by atoms with E-state index in [0.29, 0.717) is 29.5 Å². The molecule has 1 aliphatic heterocycles. The number of likely N-dealkylation sites (tertiary alicyclic amines) is 1. The second kappa shape index (κ2) is 12.1. The van der Waals surface area contributed by atoms with Gasteiger partial charge in [0, 0.05) is 37.0 Å². The Hall–Kier alpha value is -4.20. The fourth-order valence-electron chi connectivity index (χ4n) is 4.71. The topological polar surface area (TPSA) is 197 Å². The summed E-state index contributed by atoms with van der Waals surface area (Å²) in [7, 11) is -4.29. The highest BCUT2D eigenvalue weighted by Crippen LogP contribution is 2.31. The summed E-state index contributed by atoms with van der Waals surface area (Å²) in [5.74, 6) is -1.81. The molecular weight excluding hydrogens is 520 g/mol. The quantitative estimate of drug-likeness (QED) is 0.177. The first-order chi connectivity index (χ1) is 18.6. The van der Waals surface area contributed by atoms with Gasteiger partial charge in [0.15, 0.2) is 11.7 Å². The number of benzene rings is 2. The van der Waals surface area contributed by atoms with Crippen LogP contribution in [0.15, 0.2) is 73.1 Å². The second-order valence-electron chi connectivity index (χ2n) is 9.18. The predicted molar refractivity (Wildman–Crippen MR) is 144 cm³/mol. The second-order valence-corrected chi connectivity index (χ2v) is 10.5. The van der Waals surface area contributed by atoms with Crippen molar-refractivity contribution in [3.63, 3.8) is 0 Å². The van der Waals surface area contributed by atoms with Crippen molar-refractivity contribution in [2.24, 2.45) is 10.9 Å². The molecule has 1 aromatic heterocycles.